The molecule has 0 atom stereocenters. The van der Waals surface area contributed by atoms with E-state index in [0.717, 1.165) is 42.9 Å². The fourth-order valence-electron chi connectivity index (χ4n) is 4.23. The second-order valence-corrected chi connectivity index (χ2v) is 10.5. The average Bonchev–Trinajstić information content (AvgIpc) is 3.27. The van der Waals surface area contributed by atoms with Gasteiger partial charge in [-0.3, -0.25) is 0 Å². The molecule has 1 saturated heterocycles. The monoisotopic (exact) mass is 465 g/mol. The van der Waals surface area contributed by atoms with Crippen LogP contribution in [0.3, 0.4) is 0 Å². The van der Waals surface area contributed by atoms with Crippen LogP contribution in [0.2, 0.25) is 0 Å². The zero-order valence-corrected chi connectivity index (χ0v) is 20.2. The highest BCUT2D eigenvalue weighted by Gasteiger charge is 2.36. The van der Waals surface area contributed by atoms with Crippen molar-refractivity contribution in [2.75, 3.05) is 25.9 Å². The predicted molar refractivity (Wildman–Crippen MR) is 131 cm³/mol. The Morgan fingerprint density at radius 2 is 1.97 bits per heavy atom. The normalized spacial score (nSPS) is 14.6. The van der Waals surface area contributed by atoms with E-state index < -0.39 is 5.60 Å². The van der Waals surface area contributed by atoms with Gasteiger partial charge in [0.15, 0.2) is 0 Å². The highest BCUT2D eigenvalue weighted by atomic mass is 32.1. The van der Waals surface area contributed by atoms with Gasteiger partial charge in [-0.2, -0.15) is 0 Å². The fourth-order valence-corrected chi connectivity index (χ4v) is 5.38. The van der Waals surface area contributed by atoms with Gasteiger partial charge in [0.05, 0.1) is 23.2 Å². The van der Waals surface area contributed by atoms with Gasteiger partial charge in [0, 0.05) is 29.7 Å². The summed E-state index contributed by atoms with van der Waals surface area (Å²) in [6, 6.07) is 6.45. The van der Waals surface area contributed by atoms with Gasteiger partial charge in [-0.25, -0.2) is 14.8 Å². The van der Waals surface area contributed by atoms with Gasteiger partial charge in [0.1, 0.15) is 29.1 Å². The second-order valence-electron chi connectivity index (χ2n) is 9.44. The molecule has 172 valence electrons. The lowest BCUT2D eigenvalue weighted by molar-refractivity contribution is 0.00152. The van der Waals surface area contributed by atoms with Crippen LogP contribution in [-0.4, -0.2) is 51.3 Å². The van der Waals surface area contributed by atoms with Crippen molar-refractivity contribution in [1.82, 2.24) is 19.4 Å². The first-order valence-corrected chi connectivity index (χ1v) is 11.6. The Hall–Kier alpha value is -3.33. The summed E-state index contributed by atoms with van der Waals surface area (Å²) in [5, 5.41) is 1.96. The van der Waals surface area contributed by atoms with E-state index in [4.69, 9.17) is 15.2 Å². The lowest BCUT2D eigenvalue weighted by atomic mass is 10.1. The van der Waals surface area contributed by atoms with Crippen LogP contribution >= 0.6 is 11.3 Å². The number of methoxy groups -OCH3 is 1. The SMILES string of the molecule is COc1cc(C)cc2cc(-c3cn(C4CN(C(=O)OC(C)(C)C)C4)c4ncnc(N)c34)sc12. The smallest absolute Gasteiger partial charge is 0.410 e. The number of likely N-dealkylation sites (tertiary alicyclic amines) is 1. The molecule has 0 bridgehead atoms. The maximum atomic E-state index is 12.4. The summed E-state index contributed by atoms with van der Waals surface area (Å²) in [6.07, 6.45) is 3.27. The third-order valence-electron chi connectivity index (χ3n) is 5.76. The van der Waals surface area contributed by atoms with Crippen molar-refractivity contribution >= 4 is 44.4 Å². The Balaban J connectivity index is 1.54. The number of benzene rings is 1. The van der Waals surface area contributed by atoms with Crippen molar-refractivity contribution < 1.29 is 14.3 Å². The second kappa shape index (κ2) is 7.62. The van der Waals surface area contributed by atoms with Gasteiger partial charge < -0.3 is 24.7 Å². The minimum Gasteiger partial charge on any atom is -0.495 e. The van der Waals surface area contributed by atoms with Crippen LogP contribution in [0.1, 0.15) is 32.4 Å². The summed E-state index contributed by atoms with van der Waals surface area (Å²) in [7, 11) is 1.69. The number of aromatic nitrogens is 3. The van der Waals surface area contributed by atoms with E-state index in [1.807, 2.05) is 26.8 Å². The van der Waals surface area contributed by atoms with Gasteiger partial charge >= 0.3 is 6.09 Å². The number of ether oxygens (including phenoxy) is 2. The number of nitrogens with zero attached hydrogens (tertiary/aromatic N) is 4. The van der Waals surface area contributed by atoms with E-state index in [1.165, 1.54) is 6.33 Å². The first-order chi connectivity index (χ1) is 15.6. The molecule has 2 N–H and O–H groups in total. The molecule has 4 aromatic rings. The molecular formula is C24H27N5O3S. The van der Waals surface area contributed by atoms with E-state index >= 15 is 0 Å². The molecule has 3 aromatic heterocycles. The van der Waals surface area contributed by atoms with Gasteiger partial charge in [0.2, 0.25) is 0 Å². The molecule has 0 unspecified atom stereocenters. The summed E-state index contributed by atoms with van der Waals surface area (Å²) >= 11 is 1.66. The van der Waals surface area contributed by atoms with Crippen molar-refractivity contribution in [2.24, 2.45) is 0 Å². The molecule has 0 spiro atoms. The number of amides is 1. The summed E-state index contributed by atoms with van der Waals surface area (Å²) in [4.78, 5) is 24.0. The predicted octanol–water partition coefficient (Wildman–Crippen LogP) is 5.00. The standard InChI is InChI=1S/C24H27N5O3S/c1-13-6-14-8-18(33-20(14)17(7-13)31-5)16-11-29(22-19(16)21(25)26-12-27-22)15-9-28(10-15)23(30)32-24(2,3)4/h6-8,11-12,15H,9-10H2,1-5H3,(H2,25,26,27). The summed E-state index contributed by atoms with van der Waals surface area (Å²) in [5.74, 6) is 1.30. The summed E-state index contributed by atoms with van der Waals surface area (Å²) in [5.41, 5.74) is 8.70. The van der Waals surface area contributed by atoms with Crippen molar-refractivity contribution in [1.29, 1.82) is 0 Å². The highest BCUT2D eigenvalue weighted by Crippen LogP contribution is 2.43. The Kier molecular flexibility index (Phi) is 4.97. The molecule has 0 radical (unpaired) electrons. The first-order valence-electron chi connectivity index (χ1n) is 10.8. The molecule has 1 aliphatic rings. The maximum absolute atomic E-state index is 12.4. The van der Waals surface area contributed by atoms with Crippen molar-refractivity contribution in [3.63, 3.8) is 0 Å². The largest absolute Gasteiger partial charge is 0.495 e. The minimum atomic E-state index is -0.516. The molecule has 5 rings (SSSR count). The number of hydrogen-bond acceptors (Lipinski definition) is 7. The maximum Gasteiger partial charge on any atom is 0.410 e. The van der Waals surface area contributed by atoms with Crippen molar-refractivity contribution in [2.45, 2.75) is 39.3 Å². The number of thiophene rings is 1. The van der Waals surface area contributed by atoms with E-state index in [-0.39, 0.29) is 12.1 Å². The van der Waals surface area contributed by atoms with E-state index in [9.17, 15) is 4.79 Å². The number of carbonyl (C=O) groups is 1. The summed E-state index contributed by atoms with van der Waals surface area (Å²) in [6.45, 7) is 8.78. The highest BCUT2D eigenvalue weighted by molar-refractivity contribution is 7.22. The lowest BCUT2D eigenvalue weighted by Crippen LogP contribution is -2.52. The van der Waals surface area contributed by atoms with Gasteiger partial charge in [0.25, 0.3) is 0 Å². The van der Waals surface area contributed by atoms with Crippen LogP contribution in [-0.2, 0) is 4.74 Å². The Labute approximate surface area is 195 Å². The van der Waals surface area contributed by atoms with Crippen LogP contribution in [0.15, 0.2) is 30.7 Å². The number of nitrogen functional groups attached to an aromatic ring is 1. The molecule has 1 aromatic carbocycles. The number of nitrogens with two attached hydrogens (primary N) is 1. The third kappa shape index (κ3) is 3.76. The Morgan fingerprint density at radius 1 is 1.21 bits per heavy atom. The van der Waals surface area contributed by atoms with Crippen LogP contribution in [0.5, 0.6) is 5.75 Å². The number of anilines is 1. The first kappa shape index (κ1) is 21.5. The summed E-state index contributed by atoms with van der Waals surface area (Å²) < 4.78 is 14.3. The van der Waals surface area contributed by atoms with Gasteiger partial charge in [-0.1, -0.05) is 6.07 Å². The lowest BCUT2D eigenvalue weighted by Gasteiger charge is -2.40. The molecule has 1 amide bonds. The van der Waals surface area contributed by atoms with Gasteiger partial charge in [-0.15, -0.1) is 11.3 Å². The molecule has 0 saturated carbocycles. The van der Waals surface area contributed by atoms with Crippen molar-refractivity contribution in [3.8, 4) is 16.2 Å². The van der Waals surface area contributed by atoms with Crippen LogP contribution in [0, 0.1) is 6.92 Å². The third-order valence-corrected chi connectivity index (χ3v) is 6.96. The van der Waals surface area contributed by atoms with Crippen LogP contribution < -0.4 is 10.5 Å². The Bertz CT molecular complexity index is 1380. The van der Waals surface area contributed by atoms with Crippen molar-refractivity contribution in [3.05, 3.63) is 36.3 Å². The van der Waals surface area contributed by atoms with E-state index in [2.05, 4.69) is 39.8 Å². The quantitative estimate of drug-likeness (QED) is 0.457. The number of aryl methyl sites for hydroxylation is 1. The number of carbonyl (C=O) groups excluding carboxylic acids is 1. The fraction of sp³-hybridized carbons (Fsp3) is 0.375. The average molecular weight is 466 g/mol. The number of hydrogen-bond donors (Lipinski definition) is 1. The minimum absolute atomic E-state index is 0.0919. The number of rotatable bonds is 3. The van der Waals surface area contributed by atoms with Gasteiger partial charge in [-0.05, 0) is 50.8 Å². The molecule has 8 nitrogen and oxygen atoms in total. The topological polar surface area (TPSA) is 95.5 Å². The number of fused-ring (bicyclic) bond motifs is 2. The van der Waals surface area contributed by atoms with Crippen LogP contribution in [0.25, 0.3) is 31.6 Å². The molecule has 4 heterocycles. The van der Waals surface area contributed by atoms with Crippen LogP contribution in [0.4, 0.5) is 10.6 Å². The molecular weight excluding hydrogens is 438 g/mol. The molecule has 33 heavy (non-hydrogen) atoms. The molecule has 1 fully saturated rings. The molecule has 1 aliphatic heterocycles. The Morgan fingerprint density at radius 3 is 2.67 bits per heavy atom. The molecule has 0 aliphatic carbocycles. The molecule has 9 heteroatoms. The van der Waals surface area contributed by atoms with E-state index in [0.29, 0.717) is 18.9 Å². The van der Waals surface area contributed by atoms with E-state index in [1.54, 1.807) is 23.3 Å². The zero-order chi connectivity index (χ0) is 23.5. The zero-order valence-electron chi connectivity index (χ0n) is 19.4.